The topological polar surface area (TPSA) is 84.2 Å². The van der Waals surface area contributed by atoms with Crippen LogP contribution in [-0.2, 0) is 9.59 Å². The van der Waals surface area contributed by atoms with Crippen molar-refractivity contribution in [3.63, 3.8) is 0 Å². The van der Waals surface area contributed by atoms with Gasteiger partial charge >= 0.3 is 0 Å². The van der Waals surface area contributed by atoms with Crippen molar-refractivity contribution in [1.82, 2.24) is 10.3 Å². The average Bonchev–Trinajstić information content (AvgIpc) is 3.05. The average molecular weight is 365 g/mol. The van der Waals surface area contributed by atoms with E-state index in [0.29, 0.717) is 18.1 Å². The van der Waals surface area contributed by atoms with Gasteiger partial charge in [-0.1, -0.05) is 32.9 Å². The van der Waals surface area contributed by atoms with E-state index in [4.69, 9.17) is 4.42 Å². The van der Waals surface area contributed by atoms with Crippen LogP contribution in [-0.4, -0.2) is 23.3 Å². The zero-order valence-electron chi connectivity index (χ0n) is 15.7. The molecule has 0 saturated heterocycles. The molecular weight excluding hydrogens is 342 g/mol. The van der Waals surface area contributed by atoms with E-state index in [1.165, 1.54) is 0 Å². The fourth-order valence-electron chi connectivity index (χ4n) is 2.47. The van der Waals surface area contributed by atoms with Gasteiger partial charge in [0.05, 0.1) is 0 Å². The summed E-state index contributed by atoms with van der Waals surface area (Å²) in [6.07, 6.45) is 0.217. The van der Waals surface area contributed by atoms with Gasteiger partial charge in [-0.3, -0.25) is 9.59 Å². The number of fused-ring (bicyclic) bond motifs is 1. The number of nitrogens with one attached hydrogen (secondary N) is 2. The number of rotatable bonds is 5. The van der Waals surface area contributed by atoms with Crippen molar-refractivity contribution < 1.29 is 14.0 Å². The summed E-state index contributed by atoms with van der Waals surface area (Å²) >= 11 is 0. The predicted molar refractivity (Wildman–Crippen MR) is 105 cm³/mol. The van der Waals surface area contributed by atoms with Crippen LogP contribution in [0.25, 0.3) is 22.6 Å². The minimum atomic E-state index is -0.461. The Labute approximate surface area is 158 Å². The molecule has 0 bridgehead atoms. The second-order valence-corrected chi connectivity index (χ2v) is 7.37. The molecule has 0 aliphatic carbocycles. The molecule has 0 radical (unpaired) electrons. The Hall–Kier alpha value is -3.15. The molecule has 2 aromatic carbocycles. The normalized spacial score (nSPS) is 11.4. The minimum absolute atomic E-state index is 0.0713. The number of carbonyl (C=O) groups excluding carboxylic acids is 2. The fraction of sp³-hybridized carbons (Fsp3) is 0.286. The van der Waals surface area contributed by atoms with Crippen molar-refractivity contribution in [2.75, 3.05) is 11.9 Å². The van der Waals surface area contributed by atoms with E-state index in [9.17, 15) is 9.59 Å². The largest absolute Gasteiger partial charge is 0.436 e. The molecule has 0 aliphatic heterocycles. The number of benzene rings is 2. The minimum Gasteiger partial charge on any atom is -0.436 e. The molecular formula is C21H23N3O3. The number of hydrogen-bond acceptors (Lipinski definition) is 4. The van der Waals surface area contributed by atoms with Gasteiger partial charge in [-0.25, -0.2) is 4.98 Å². The first-order valence-corrected chi connectivity index (χ1v) is 8.87. The maximum Gasteiger partial charge on any atom is 0.227 e. The Balaban J connectivity index is 1.56. The van der Waals surface area contributed by atoms with Crippen molar-refractivity contribution >= 4 is 28.6 Å². The summed E-state index contributed by atoms with van der Waals surface area (Å²) in [5, 5.41) is 5.58. The standard InChI is InChI=1S/C21H23N3O3/c1-21(2,3)20(26)22-13-12-18(25)23-15-10-8-14(9-11-15)19-24-16-6-4-5-7-17(16)27-19/h4-11H,12-13H2,1-3H3,(H,22,26)(H,23,25). The molecule has 1 aromatic heterocycles. The van der Waals surface area contributed by atoms with E-state index >= 15 is 0 Å². The maximum absolute atomic E-state index is 12.0. The summed E-state index contributed by atoms with van der Waals surface area (Å²) in [4.78, 5) is 28.3. The zero-order valence-corrected chi connectivity index (χ0v) is 15.7. The van der Waals surface area contributed by atoms with Crippen LogP contribution in [0.3, 0.4) is 0 Å². The molecule has 2 N–H and O–H groups in total. The van der Waals surface area contributed by atoms with Crippen LogP contribution < -0.4 is 10.6 Å². The fourth-order valence-corrected chi connectivity index (χ4v) is 2.47. The van der Waals surface area contributed by atoms with Crippen LogP contribution >= 0.6 is 0 Å². The highest BCUT2D eigenvalue weighted by atomic mass is 16.3. The second-order valence-electron chi connectivity index (χ2n) is 7.37. The molecule has 6 heteroatoms. The summed E-state index contributed by atoms with van der Waals surface area (Å²) in [5.41, 5.74) is 2.60. The van der Waals surface area contributed by atoms with E-state index in [-0.39, 0.29) is 18.2 Å². The highest BCUT2D eigenvalue weighted by molar-refractivity contribution is 5.91. The van der Waals surface area contributed by atoms with Crippen molar-refractivity contribution in [3.05, 3.63) is 48.5 Å². The molecule has 0 spiro atoms. The SMILES string of the molecule is CC(C)(C)C(=O)NCCC(=O)Nc1ccc(-c2nc3ccccc3o2)cc1. The molecule has 27 heavy (non-hydrogen) atoms. The lowest BCUT2D eigenvalue weighted by Gasteiger charge is -2.17. The van der Waals surface area contributed by atoms with Crippen molar-refractivity contribution in [2.45, 2.75) is 27.2 Å². The maximum atomic E-state index is 12.0. The van der Waals surface area contributed by atoms with E-state index in [0.717, 1.165) is 16.7 Å². The van der Waals surface area contributed by atoms with Gasteiger partial charge in [-0.2, -0.15) is 0 Å². The van der Waals surface area contributed by atoms with Crippen LogP contribution in [0.15, 0.2) is 52.9 Å². The lowest BCUT2D eigenvalue weighted by molar-refractivity contribution is -0.128. The molecule has 0 atom stereocenters. The molecule has 0 saturated carbocycles. The Morgan fingerprint density at radius 3 is 2.41 bits per heavy atom. The van der Waals surface area contributed by atoms with Gasteiger partial charge in [0, 0.05) is 29.6 Å². The molecule has 0 aliphatic rings. The number of aromatic nitrogens is 1. The third-order valence-corrected chi connectivity index (χ3v) is 4.03. The molecule has 3 rings (SSSR count). The third-order valence-electron chi connectivity index (χ3n) is 4.03. The summed E-state index contributed by atoms with van der Waals surface area (Å²) in [5.74, 6) is 0.316. The molecule has 6 nitrogen and oxygen atoms in total. The van der Waals surface area contributed by atoms with E-state index in [1.807, 2.05) is 57.2 Å². The van der Waals surface area contributed by atoms with Gasteiger partial charge < -0.3 is 15.1 Å². The van der Waals surface area contributed by atoms with Gasteiger partial charge in [0.1, 0.15) is 5.52 Å². The number of para-hydroxylation sites is 2. The molecule has 1 heterocycles. The van der Waals surface area contributed by atoms with Crippen molar-refractivity contribution in [2.24, 2.45) is 5.41 Å². The van der Waals surface area contributed by atoms with Gasteiger partial charge in [0.25, 0.3) is 0 Å². The Morgan fingerprint density at radius 1 is 1.04 bits per heavy atom. The van der Waals surface area contributed by atoms with Gasteiger partial charge in [-0.15, -0.1) is 0 Å². The van der Waals surface area contributed by atoms with Crippen LogP contribution in [0.1, 0.15) is 27.2 Å². The first kappa shape index (κ1) is 18.6. The van der Waals surface area contributed by atoms with Crippen LogP contribution in [0.2, 0.25) is 0 Å². The molecule has 140 valence electrons. The quantitative estimate of drug-likeness (QED) is 0.716. The Bertz CT molecular complexity index is 920. The number of hydrogen-bond donors (Lipinski definition) is 2. The monoisotopic (exact) mass is 365 g/mol. The Kier molecular flexibility index (Phi) is 5.26. The molecule has 0 fully saturated rings. The summed E-state index contributed by atoms with van der Waals surface area (Å²) in [6.45, 7) is 5.81. The predicted octanol–water partition coefficient (Wildman–Crippen LogP) is 3.99. The molecule has 2 amide bonds. The van der Waals surface area contributed by atoms with Crippen LogP contribution in [0, 0.1) is 5.41 Å². The van der Waals surface area contributed by atoms with E-state index in [2.05, 4.69) is 15.6 Å². The number of anilines is 1. The highest BCUT2D eigenvalue weighted by Gasteiger charge is 2.20. The summed E-state index contributed by atoms with van der Waals surface area (Å²) < 4.78 is 5.74. The van der Waals surface area contributed by atoms with Gasteiger partial charge in [-0.05, 0) is 36.4 Å². The third kappa shape index (κ3) is 4.73. The summed E-state index contributed by atoms with van der Waals surface area (Å²) in [7, 11) is 0. The zero-order chi connectivity index (χ0) is 19.4. The lowest BCUT2D eigenvalue weighted by Crippen LogP contribution is -2.36. The van der Waals surface area contributed by atoms with E-state index in [1.54, 1.807) is 12.1 Å². The van der Waals surface area contributed by atoms with E-state index < -0.39 is 5.41 Å². The molecule has 0 unspecified atom stereocenters. The highest BCUT2D eigenvalue weighted by Crippen LogP contribution is 2.25. The number of amides is 2. The first-order chi connectivity index (χ1) is 12.8. The first-order valence-electron chi connectivity index (χ1n) is 8.87. The van der Waals surface area contributed by atoms with Crippen molar-refractivity contribution in [3.8, 4) is 11.5 Å². The molecule has 3 aromatic rings. The second kappa shape index (κ2) is 7.61. The van der Waals surface area contributed by atoms with Crippen LogP contribution in [0.4, 0.5) is 5.69 Å². The van der Waals surface area contributed by atoms with Gasteiger partial charge in [0.15, 0.2) is 5.58 Å². The number of carbonyl (C=O) groups is 2. The summed E-state index contributed by atoms with van der Waals surface area (Å²) in [6, 6.07) is 14.9. The van der Waals surface area contributed by atoms with Crippen molar-refractivity contribution in [1.29, 1.82) is 0 Å². The van der Waals surface area contributed by atoms with Crippen LogP contribution in [0.5, 0.6) is 0 Å². The lowest BCUT2D eigenvalue weighted by atomic mass is 9.96. The van der Waals surface area contributed by atoms with Gasteiger partial charge in [0.2, 0.25) is 17.7 Å². The number of oxazole rings is 1. The Morgan fingerprint density at radius 2 is 1.74 bits per heavy atom. The smallest absolute Gasteiger partial charge is 0.227 e. The number of nitrogens with zero attached hydrogens (tertiary/aromatic N) is 1.